The number of nitrogens with zero attached hydrogens (tertiary/aromatic N) is 1. The SMILES string of the molecule is Cn1c(CC(=O)O)c(N)c2ccccc21. The Labute approximate surface area is 86.9 Å². The zero-order chi connectivity index (χ0) is 11.0. The van der Waals surface area contributed by atoms with E-state index in [0.29, 0.717) is 11.4 Å². The minimum Gasteiger partial charge on any atom is -0.481 e. The predicted molar refractivity (Wildman–Crippen MR) is 58.7 cm³/mol. The van der Waals surface area contributed by atoms with Gasteiger partial charge in [0.1, 0.15) is 0 Å². The van der Waals surface area contributed by atoms with Gasteiger partial charge in [0.25, 0.3) is 0 Å². The number of aryl methyl sites for hydroxylation is 1. The van der Waals surface area contributed by atoms with Crippen molar-refractivity contribution in [1.82, 2.24) is 4.57 Å². The summed E-state index contributed by atoms with van der Waals surface area (Å²) in [6, 6.07) is 7.63. The van der Waals surface area contributed by atoms with E-state index < -0.39 is 5.97 Å². The van der Waals surface area contributed by atoms with E-state index in [1.807, 2.05) is 35.9 Å². The van der Waals surface area contributed by atoms with Crippen molar-refractivity contribution < 1.29 is 9.90 Å². The Balaban J connectivity index is 2.69. The second-order valence-electron chi connectivity index (χ2n) is 3.51. The number of anilines is 1. The lowest BCUT2D eigenvalue weighted by Gasteiger charge is -2.01. The number of nitrogens with two attached hydrogens (primary N) is 1. The highest BCUT2D eigenvalue weighted by Crippen LogP contribution is 2.27. The molecular formula is C11H12N2O2. The maximum atomic E-state index is 10.7. The van der Waals surface area contributed by atoms with E-state index in [0.717, 1.165) is 10.9 Å². The van der Waals surface area contributed by atoms with Gasteiger partial charge in [-0.2, -0.15) is 0 Å². The molecule has 3 N–H and O–H groups in total. The van der Waals surface area contributed by atoms with Crippen molar-refractivity contribution in [3.05, 3.63) is 30.0 Å². The summed E-state index contributed by atoms with van der Waals surface area (Å²) < 4.78 is 1.83. The Hall–Kier alpha value is -1.97. The lowest BCUT2D eigenvalue weighted by molar-refractivity contribution is -0.136. The third kappa shape index (κ3) is 1.44. The van der Waals surface area contributed by atoms with E-state index in [-0.39, 0.29) is 6.42 Å². The largest absolute Gasteiger partial charge is 0.481 e. The van der Waals surface area contributed by atoms with Gasteiger partial charge in [-0.25, -0.2) is 0 Å². The fraction of sp³-hybridized carbons (Fsp3) is 0.182. The summed E-state index contributed by atoms with van der Waals surface area (Å²) in [4.78, 5) is 10.7. The fourth-order valence-corrected chi connectivity index (χ4v) is 1.83. The van der Waals surface area contributed by atoms with Crippen molar-refractivity contribution in [2.45, 2.75) is 6.42 Å². The highest BCUT2D eigenvalue weighted by Gasteiger charge is 2.14. The van der Waals surface area contributed by atoms with Gasteiger partial charge in [0, 0.05) is 12.4 Å². The molecule has 1 aromatic carbocycles. The number of carboxylic acid groups (broad SMARTS) is 1. The third-order valence-corrected chi connectivity index (χ3v) is 2.59. The zero-order valence-electron chi connectivity index (χ0n) is 8.40. The average molecular weight is 204 g/mol. The number of carbonyl (C=O) groups is 1. The Bertz CT molecular complexity index is 490. The predicted octanol–water partition coefficient (Wildman–Crippen LogP) is 1.39. The van der Waals surface area contributed by atoms with Crippen LogP contribution in [-0.4, -0.2) is 15.6 Å². The molecule has 0 saturated heterocycles. The van der Waals surface area contributed by atoms with E-state index in [1.165, 1.54) is 0 Å². The Morgan fingerprint density at radius 2 is 2.13 bits per heavy atom. The van der Waals surface area contributed by atoms with Crippen molar-refractivity contribution in [3.63, 3.8) is 0 Å². The average Bonchev–Trinajstić information content (AvgIpc) is 2.44. The molecule has 0 atom stereocenters. The fourth-order valence-electron chi connectivity index (χ4n) is 1.83. The summed E-state index contributed by atoms with van der Waals surface area (Å²) in [5.41, 5.74) is 8.09. The van der Waals surface area contributed by atoms with Gasteiger partial charge in [0.15, 0.2) is 0 Å². The molecule has 4 nitrogen and oxygen atoms in total. The standard InChI is InChI=1S/C11H12N2O2/c1-13-8-5-3-2-4-7(8)11(12)9(13)6-10(14)15/h2-5H,6,12H2,1H3,(H,14,15). The normalized spacial score (nSPS) is 10.7. The van der Waals surface area contributed by atoms with E-state index >= 15 is 0 Å². The Kier molecular flexibility index (Phi) is 2.11. The molecule has 0 fully saturated rings. The Morgan fingerprint density at radius 3 is 2.73 bits per heavy atom. The Morgan fingerprint density at radius 1 is 1.47 bits per heavy atom. The van der Waals surface area contributed by atoms with Gasteiger partial charge in [-0.15, -0.1) is 0 Å². The number of nitrogen functional groups attached to an aromatic ring is 1. The molecule has 0 radical (unpaired) electrons. The van der Waals surface area contributed by atoms with Crippen LogP contribution in [0.15, 0.2) is 24.3 Å². The van der Waals surface area contributed by atoms with Crippen molar-refractivity contribution >= 4 is 22.6 Å². The summed E-state index contributed by atoms with van der Waals surface area (Å²) >= 11 is 0. The highest BCUT2D eigenvalue weighted by atomic mass is 16.4. The number of rotatable bonds is 2. The number of para-hydroxylation sites is 1. The minimum absolute atomic E-state index is 0.0446. The van der Waals surface area contributed by atoms with Crippen LogP contribution in [-0.2, 0) is 18.3 Å². The van der Waals surface area contributed by atoms with Gasteiger partial charge in [-0.3, -0.25) is 4.79 Å². The summed E-state index contributed by atoms with van der Waals surface area (Å²) in [6.45, 7) is 0. The number of carboxylic acids is 1. The van der Waals surface area contributed by atoms with Crippen molar-refractivity contribution in [2.24, 2.45) is 7.05 Å². The molecule has 0 aliphatic heterocycles. The maximum absolute atomic E-state index is 10.7. The summed E-state index contributed by atoms with van der Waals surface area (Å²) in [7, 11) is 1.83. The number of aromatic nitrogens is 1. The van der Waals surface area contributed by atoms with Gasteiger partial charge in [0.05, 0.1) is 23.3 Å². The first-order chi connectivity index (χ1) is 7.11. The van der Waals surface area contributed by atoms with Gasteiger partial charge in [-0.1, -0.05) is 18.2 Å². The molecule has 0 aliphatic carbocycles. The van der Waals surface area contributed by atoms with Crippen LogP contribution in [0.4, 0.5) is 5.69 Å². The second kappa shape index (κ2) is 3.31. The zero-order valence-corrected chi connectivity index (χ0v) is 8.40. The molecule has 0 aliphatic rings. The smallest absolute Gasteiger partial charge is 0.309 e. The molecular weight excluding hydrogens is 192 g/mol. The molecule has 4 heteroatoms. The van der Waals surface area contributed by atoms with Gasteiger partial charge in [0.2, 0.25) is 0 Å². The van der Waals surface area contributed by atoms with E-state index in [4.69, 9.17) is 10.8 Å². The van der Waals surface area contributed by atoms with Crippen LogP contribution in [0.5, 0.6) is 0 Å². The van der Waals surface area contributed by atoms with Crippen LogP contribution < -0.4 is 5.73 Å². The summed E-state index contributed by atoms with van der Waals surface area (Å²) in [5.74, 6) is -0.868. The van der Waals surface area contributed by atoms with Crippen molar-refractivity contribution in [3.8, 4) is 0 Å². The molecule has 1 aromatic heterocycles. The van der Waals surface area contributed by atoms with Crippen LogP contribution in [0.1, 0.15) is 5.69 Å². The lowest BCUT2D eigenvalue weighted by atomic mass is 10.2. The summed E-state index contributed by atoms with van der Waals surface area (Å²) in [6.07, 6.45) is -0.0446. The maximum Gasteiger partial charge on any atom is 0.309 e. The molecule has 2 aromatic rings. The molecule has 1 heterocycles. The van der Waals surface area contributed by atoms with Crippen LogP contribution in [0.3, 0.4) is 0 Å². The molecule has 0 bridgehead atoms. The molecule has 0 amide bonds. The second-order valence-corrected chi connectivity index (χ2v) is 3.51. The quantitative estimate of drug-likeness (QED) is 0.776. The topological polar surface area (TPSA) is 68.2 Å². The molecule has 15 heavy (non-hydrogen) atoms. The number of fused-ring (bicyclic) bond motifs is 1. The van der Waals surface area contributed by atoms with Crippen molar-refractivity contribution in [1.29, 1.82) is 0 Å². The first-order valence-electron chi connectivity index (χ1n) is 4.65. The molecule has 78 valence electrons. The number of aliphatic carboxylic acids is 1. The minimum atomic E-state index is -0.868. The molecule has 0 saturated carbocycles. The molecule has 0 spiro atoms. The highest BCUT2D eigenvalue weighted by molar-refractivity contribution is 5.95. The monoisotopic (exact) mass is 204 g/mol. The van der Waals surface area contributed by atoms with Gasteiger partial charge in [-0.05, 0) is 6.07 Å². The first-order valence-corrected chi connectivity index (χ1v) is 4.65. The molecule has 0 unspecified atom stereocenters. The van der Waals surface area contributed by atoms with Gasteiger partial charge < -0.3 is 15.4 Å². The summed E-state index contributed by atoms with van der Waals surface area (Å²) in [5, 5.41) is 9.69. The van der Waals surface area contributed by atoms with Crippen LogP contribution in [0, 0.1) is 0 Å². The van der Waals surface area contributed by atoms with Crippen molar-refractivity contribution in [2.75, 3.05) is 5.73 Å². The third-order valence-electron chi connectivity index (χ3n) is 2.59. The number of benzene rings is 1. The van der Waals surface area contributed by atoms with Crippen LogP contribution in [0.25, 0.3) is 10.9 Å². The van der Waals surface area contributed by atoms with E-state index in [1.54, 1.807) is 0 Å². The van der Waals surface area contributed by atoms with Crippen LogP contribution in [0.2, 0.25) is 0 Å². The van der Waals surface area contributed by atoms with E-state index in [2.05, 4.69) is 0 Å². The lowest BCUT2D eigenvalue weighted by Crippen LogP contribution is -2.07. The molecule has 2 rings (SSSR count). The first kappa shape index (κ1) is 9.58. The number of hydrogen-bond donors (Lipinski definition) is 2. The number of hydrogen-bond acceptors (Lipinski definition) is 2. The van der Waals surface area contributed by atoms with Crippen LogP contribution >= 0.6 is 0 Å². The van der Waals surface area contributed by atoms with E-state index in [9.17, 15) is 4.79 Å². The van der Waals surface area contributed by atoms with Gasteiger partial charge >= 0.3 is 5.97 Å².